The molecule has 0 aliphatic heterocycles. The number of H-pyrrole nitrogens is 1. The van der Waals surface area contributed by atoms with Crippen LogP contribution in [0.25, 0.3) is 20.7 Å². The van der Waals surface area contributed by atoms with Gasteiger partial charge in [0, 0.05) is 27.1 Å². The van der Waals surface area contributed by atoms with Crippen molar-refractivity contribution in [2.24, 2.45) is 17.8 Å². The molecular formula is C21H22N2O3S2. The van der Waals surface area contributed by atoms with Crippen LogP contribution in [0.4, 0.5) is 0 Å². The number of nitrogens with zero attached hydrogens (tertiary/aromatic N) is 1. The molecule has 5 rings (SSSR count). The highest BCUT2D eigenvalue weighted by atomic mass is 32.1. The van der Waals surface area contributed by atoms with Gasteiger partial charge in [-0.15, -0.1) is 22.7 Å². The Hall–Kier alpha value is -1.99. The van der Waals surface area contributed by atoms with Crippen LogP contribution >= 0.6 is 22.7 Å². The predicted molar refractivity (Wildman–Crippen MR) is 112 cm³/mol. The molecule has 28 heavy (non-hydrogen) atoms. The van der Waals surface area contributed by atoms with Gasteiger partial charge in [0.05, 0.1) is 5.39 Å². The van der Waals surface area contributed by atoms with Gasteiger partial charge in [0.1, 0.15) is 17.3 Å². The topological polar surface area (TPSA) is 72.0 Å². The van der Waals surface area contributed by atoms with Gasteiger partial charge in [0.25, 0.3) is 5.56 Å². The molecule has 0 spiro atoms. The molecule has 3 aromatic heterocycles. The second-order valence-electron chi connectivity index (χ2n) is 8.05. The number of thiophene rings is 2. The first-order valence-electron chi connectivity index (χ1n) is 9.79. The highest BCUT2D eigenvalue weighted by molar-refractivity contribution is 7.19. The molecular weight excluding hydrogens is 392 g/mol. The van der Waals surface area contributed by atoms with E-state index in [0.717, 1.165) is 16.4 Å². The number of carbonyl (C=O) groups excluding carboxylic acids is 1. The van der Waals surface area contributed by atoms with Gasteiger partial charge in [0.2, 0.25) is 0 Å². The zero-order valence-corrected chi connectivity index (χ0v) is 17.3. The number of aryl methyl sites for hydroxylation is 1. The van der Waals surface area contributed by atoms with Crippen LogP contribution in [0.3, 0.4) is 0 Å². The number of esters is 1. The van der Waals surface area contributed by atoms with Crippen molar-refractivity contribution < 1.29 is 9.53 Å². The minimum Gasteiger partial charge on any atom is -0.458 e. The van der Waals surface area contributed by atoms with Crippen molar-refractivity contribution in [1.29, 1.82) is 0 Å². The summed E-state index contributed by atoms with van der Waals surface area (Å²) in [6.45, 7) is 2.07. The van der Waals surface area contributed by atoms with E-state index in [1.165, 1.54) is 41.9 Å². The lowest BCUT2D eigenvalue weighted by Crippen LogP contribution is -2.18. The van der Waals surface area contributed by atoms with Crippen LogP contribution in [0.15, 0.2) is 22.3 Å². The Kier molecular flexibility index (Phi) is 4.59. The van der Waals surface area contributed by atoms with E-state index in [9.17, 15) is 9.59 Å². The van der Waals surface area contributed by atoms with Gasteiger partial charge < -0.3 is 9.72 Å². The van der Waals surface area contributed by atoms with Gasteiger partial charge in [-0.2, -0.15) is 0 Å². The average molecular weight is 415 g/mol. The number of hydrogen-bond acceptors (Lipinski definition) is 6. The van der Waals surface area contributed by atoms with Crippen molar-refractivity contribution >= 4 is 38.9 Å². The van der Waals surface area contributed by atoms with Crippen LogP contribution in [0.5, 0.6) is 0 Å². The summed E-state index contributed by atoms with van der Waals surface area (Å²) < 4.78 is 5.43. The second kappa shape index (κ2) is 7.12. The normalized spacial score (nSPS) is 23.5. The maximum atomic E-state index is 12.6. The fourth-order valence-electron chi connectivity index (χ4n) is 4.87. The van der Waals surface area contributed by atoms with Crippen LogP contribution in [0.2, 0.25) is 0 Å². The smallest absolute Gasteiger partial charge is 0.306 e. The van der Waals surface area contributed by atoms with Crippen LogP contribution in [0.1, 0.15) is 42.8 Å². The Morgan fingerprint density at radius 1 is 1.32 bits per heavy atom. The van der Waals surface area contributed by atoms with Gasteiger partial charge in [-0.3, -0.25) is 9.59 Å². The maximum Gasteiger partial charge on any atom is 0.306 e. The summed E-state index contributed by atoms with van der Waals surface area (Å²) >= 11 is 3.11. The first-order valence-corrected chi connectivity index (χ1v) is 11.5. The molecule has 2 saturated carbocycles. The minimum atomic E-state index is -0.179. The summed E-state index contributed by atoms with van der Waals surface area (Å²) in [6.07, 6.45) is 5.54. The van der Waals surface area contributed by atoms with E-state index in [-0.39, 0.29) is 18.1 Å². The molecule has 0 amide bonds. The number of ether oxygens (including phenoxy) is 1. The zero-order valence-electron chi connectivity index (χ0n) is 15.7. The molecule has 2 bridgehead atoms. The number of carbonyl (C=O) groups is 1. The Morgan fingerprint density at radius 3 is 2.93 bits per heavy atom. The molecule has 0 aromatic carbocycles. The number of hydrogen-bond donors (Lipinski definition) is 1. The molecule has 2 fully saturated rings. The number of aromatic nitrogens is 2. The summed E-state index contributed by atoms with van der Waals surface area (Å²) in [4.78, 5) is 35.2. The van der Waals surface area contributed by atoms with Crippen LogP contribution < -0.4 is 5.56 Å². The fourth-order valence-corrected chi connectivity index (χ4v) is 6.79. The largest absolute Gasteiger partial charge is 0.458 e. The van der Waals surface area contributed by atoms with E-state index in [1.807, 2.05) is 18.4 Å². The van der Waals surface area contributed by atoms with E-state index < -0.39 is 0 Å². The summed E-state index contributed by atoms with van der Waals surface area (Å²) in [5.74, 6) is 2.24. The summed E-state index contributed by atoms with van der Waals surface area (Å²) in [5, 5.41) is 2.59. The van der Waals surface area contributed by atoms with Gasteiger partial charge in [0.15, 0.2) is 0 Å². The Bertz CT molecular complexity index is 1100. The first kappa shape index (κ1) is 18.1. The van der Waals surface area contributed by atoms with Crippen molar-refractivity contribution in [3.05, 3.63) is 38.6 Å². The molecule has 3 heterocycles. The minimum absolute atomic E-state index is 0.0240. The van der Waals surface area contributed by atoms with E-state index in [0.29, 0.717) is 34.3 Å². The van der Waals surface area contributed by atoms with E-state index >= 15 is 0 Å². The molecule has 1 N–H and O–H groups in total. The van der Waals surface area contributed by atoms with E-state index in [4.69, 9.17) is 4.74 Å². The fraction of sp³-hybridized carbons (Fsp3) is 0.476. The maximum absolute atomic E-state index is 12.6. The molecule has 7 heteroatoms. The SMILES string of the molecule is Cc1ccc(-c2csc3nc(COC(=O)C[C@@H]4C[C@H]5CC[C@@H]4C5)[nH]c(=O)c23)s1. The Labute approximate surface area is 170 Å². The summed E-state index contributed by atoms with van der Waals surface area (Å²) in [7, 11) is 0. The Balaban J connectivity index is 1.29. The van der Waals surface area contributed by atoms with Crippen molar-refractivity contribution in [1.82, 2.24) is 9.97 Å². The third-order valence-electron chi connectivity index (χ3n) is 6.18. The number of rotatable bonds is 5. The van der Waals surface area contributed by atoms with Crippen LogP contribution in [0, 0.1) is 24.7 Å². The Morgan fingerprint density at radius 2 is 2.21 bits per heavy atom. The lowest BCUT2D eigenvalue weighted by atomic mass is 9.86. The monoisotopic (exact) mass is 414 g/mol. The molecule has 2 aliphatic rings. The van der Waals surface area contributed by atoms with Gasteiger partial charge in [-0.05, 0) is 56.1 Å². The van der Waals surface area contributed by atoms with Crippen molar-refractivity contribution in [2.75, 3.05) is 0 Å². The van der Waals surface area contributed by atoms with Gasteiger partial charge in [-0.1, -0.05) is 6.42 Å². The number of nitrogens with one attached hydrogen (secondary N) is 1. The number of fused-ring (bicyclic) bond motifs is 3. The van der Waals surface area contributed by atoms with E-state index in [2.05, 4.69) is 16.0 Å². The molecule has 0 radical (unpaired) electrons. The van der Waals surface area contributed by atoms with Crippen molar-refractivity contribution in [3.8, 4) is 10.4 Å². The lowest BCUT2D eigenvalue weighted by molar-refractivity contribution is -0.146. The highest BCUT2D eigenvalue weighted by Gasteiger charge is 2.40. The molecule has 2 aliphatic carbocycles. The van der Waals surface area contributed by atoms with Gasteiger partial charge in [-0.25, -0.2) is 4.98 Å². The number of aromatic amines is 1. The molecule has 0 saturated heterocycles. The van der Waals surface area contributed by atoms with Crippen LogP contribution in [-0.4, -0.2) is 15.9 Å². The third kappa shape index (κ3) is 3.31. The summed E-state index contributed by atoms with van der Waals surface area (Å²) in [6, 6.07) is 4.08. The second-order valence-corrected chi connectivity index (χ2v) is 10.2. The third-order valence-corrected chi connectivity index (χ3v) is 8.09. The quantitative estimate of drug-likeness (QED) is 0.603. The molecule has 146 valence electrons. The lowest BCUT2D eigenvalue weighted by Gasteiger charge is -2.20. The summed E-state index contributed by atoms with van der Waals surface area (Å²) in [5.41, 5.74) is 0.748. The van der Waals surface area contributed by atoms with Crippen molar-refractivity contribution in [3.63, 3.8) is 0 Å². The first-order chi connectivity index (χ1) is 13.6. The molecule has 3 aromatic rings. The molecule has 3 atom stereocenters. The standard InChI is InChI=1S/C21H22N2O3S2/c1-11-2-5-16(28-11)15-10-27-21-19(15)20(25)22-17(23-21)9-26-18(24)8-14-7-12-3-4-13(14)6-12/h2,5,10,12-14H,3-4,6-9H2,1H3,(H,22,23,25)/t12-,13+,14-/m0/s1. The van der Waals surface area contributed by atoms with Crippen molar-refractivity contribution in [2.45, 2.75) is 45.6 Å². The highest BCUT2D eigenvalue weighted by Crippen LogP contribution is 2.49. The predicted octanol–water partition coefficient (Wildman–Crippen LogP) is 4.89. The van der Waals surface area contributed by atoms with E-state index in [1.54, 1.807) is 11.3 Å². The van der Waals surface area contributed by atoms with Gasteiger partial charge >= 0.3 is 5.97 Å². The molecule has 0 unspecified atom stereocenters. The average Bonchev–Trinajstić information content (AvgIpc) is 3.43. The molecule has 5 nitrogen and oxygen atoms in total. The van der Waals surface area contributed by atoms with Crippen LogP contribution in [-0.2, 0) is 16.1 Å². The zero-order chi connectivity index (χ0) is 19.3.